The summed E-state index contributed by atoms with van der Waals surface area (Å²) in [4.78, 5) is 13.1. The summed E-state index contributed by atoms with van der Waals surface area (Å²) in [6, 6.07) is 4.09. The molecule has 1 atom stereocenters. The molecule has 1 aliphatic heterocycles. The average Bonchev–Trinajstić information content (AvgIpc) is 2.94. The van der Waals surface area contributed by atoms with E-state index in [1.807, 2.05) is 17.9 Å². The number of piperazine rings is 1. The van der Waals surface area contributed by atoms with E-state index in [1.165, 1.54) is 5.56 Å². The number of aromatic nitrogens is 4. The Hall–Kier alpha value is -2.46. The molecular formula is C15H19N7. The van der Waals surface area contributed by atoms with E-state index < -0.39 is 0 Å². The molecule has 7 nitrogen and oxygen atoms in total. The van der Waals surface area contributed by atoms with E-state index in [2.05, 4.69) is 44.1 Å². The first-order chi connectivity index (χ1) is 10.7. The largest absolute Gasteiger partial charge is 0.338 e. The van der Waals surface area contributed by atoms with Crippen LogP contribution >= 0.6 is 0 Å². The van der Waals surface area contributed by atoms with Gasteiger partial charge in [-0.15, -0.1) is 0 Å². The van der Waals surface area contributed by atoms with Gasteiger partial charge < -0.3 is 4.90 Å². The number of anilines is 1. The van der Waals surface area contributed by atoms with Crippen molar-refractivity contribution in [3.05, 3.63) is 35.9 Å². The zero-order valence-corrected chi connectivity index (χ0v) is 12.8. The molecular weight excluding hydrogens is 278 g/mol. The minimum absolute atomic E-state index is 0.392. The maximum atomic E-state index is 8.95. The van der Waals surface area contributed by atoms with Crippen LogP contribution in [0.5, 0.6) is 0 Å². The molecule has 0 N–H and O–H groups in total. The lowest BCUT2D eigenvalue weighted by molar-refractivity contribution is 0.180. The Balaban J connectivity index is 1.65. The summed E-state index contributed by atoms with van der Waals surface area (Å²) in [5.74, 6) is 0.645. The van der Waals surface area contributed by atoms with Gasteiger partial charge in [0.1, 0.15) is 11.8 Å². The highest BCUT2D eigenvalue weighted by Crippen LogP contribution is 2.17. The zero-order chi connectivity index (χ0) is 15.5. The second-order valence-corrected chi connectivity index (χ2v) is 5.64. The topological polar surface area (TPSA) is 73.9 Å². The number of hydrogen-bond donors (Lipinski definition) is 0. The fraction of sp³-hybridized carbons (Fsp3) is 0.467. The fourth-order valence-corrected chi connectivity index (χ4v) is 2.76. The number of hydrogen-bond acceptors (Lipinski definition) is 6. The maximum Gasteiger partial charge on any atom is 0.226 e. The molecule has 114 valence electrons. The normalized spacial score (nSPS) is 19.1. The first kappa shape index (κ1) is 14.5. The van der Waals surface area contributed by atoms with E-state index in [9.17, 15) is 0 Å². The summed E-state index contributed by atoms with van der Waals surface area (Å²) in [7, 11) is 1.93. The smallest absolute Gasteiger partial charge is 0.226 e. The molecule has 1 aliphatic rings. The van der Waals surface area contributed by atoms with Crippen LogP contribution in [0.25, 0.3) is 0 Å². The van der Waals surface area contributed by atoms with Gasteiger partial charge in [0.05, 0.1) is 6.20 Å². The van der Waals surface area contributed by atoms with Gasteiger partial charge in [-0.2, -0.15) is 10.4 Å². The van der Waals surface area contributed by atoms with Gasteiger partial charge in [-0.3, -0.25) is 9.58 Å². The van der Waals surface area contributed by atoms with Crippen molar-refractivity contribution in [3.63, 3.8) is 0 Å². The lowest BCUT2D eigenvalue weighted by Crippen LogP contribution is -2.51. The molecule has 1 unspecified atom stereocenters. The summed E-state index contributed by atoms with van der Waals surface area (Å²) in [6.07, 6.45) is 5.62. The van der Waals surface area contributed by atoms with Crippen LogP contribution in [0.3, 0.4) is 0 Å². The monoisotopic (exact) mass is 297 g/mol. The van der Waals surface area contributed by atoms with Gasteiger partial charge in [0.2, 0.25) is 5.95 Å². The van der Waals surface area contributed by atoms with E-state index in [0.29, 0.717) is 17.7 Å². The predicted molar refractivity (Wildman–Crippen MR) is 82.0 cm³/mol. The molecule has 0 bridgehead atoms. The Morgan fingerprint density at radius 3 is 2.95 bits per heavy atom. The summed E-state index contributed by atoms with van der Waals surface area (Å²) < 4.78 is 1.83. The molecule has 0 aromatic carbocycles. The van der Waals surface area contributed by atoms with E-state index >= 15 is 0 Å². The van der Waals surface area contributed by atoms with Crippen LogP contribution in [0.4, 0.5) is 5.95 Å². The molecule has 2 aromatic heterocycles. The lowest BCUT2D eigenvalue weighted by Gasteiger charge is -2.39. The highest BCUT2D eigenvalue weighted by molar-refractivity contribution is 5.34. The average molecular weight is 297 g/mol. The molecule has 22 heavy (non-hydrogen) atoms. The van der Waals surface area contributed by atoms with Crippen molar-refractivity contribution in [3.8, 4) is 6.07 Å². The van der Waals surface area contributed by atoms with Crippen molar-refractivity contribution in [1.29, 1.82) is 5.26 Å². The van der Waals surface area contributed by atoms with Crippen LogP contribution in [-0.4, -0.2) is 50.3 Å². The van der Waals surface area contributed by atoms with E-state index in [0.717, 1.165) is 26.2 Å². The SMILES string of the molecule is CC1CN(c2nccc(C#N)n2)CCN1Cc1cnn(C)c1. The summed E-state index contributed by atoms with van der Waals surface area (Å²) in [5.41, 5.74) is 1.64. The number of rotatable bonds is 3. The number of nitriles is 1. The Morgan fingerprint density at radius 2 is 2.27 bits per heavy atom. The van der Waals surface area contributed by atoms with E-state index in [-0.39, 0.29) is 0 Å². The third-order valence-corrected chi connectivity index (χ3v) is 3.95. The third-order valence-electron chi connectivity index (χ3n) is 3.95. The highest BCUT2D eigenvalue weighted by Gasteiger charge is 2.25. The van der Waals surface area contributed by atoms with Gasteiger partial charge in [0.15, 0.2) is 0 Å². The highest BCUT2D eigenvalue weighted by atomic mass is 15.3. The van der Waals surface area contributed by atoms with Gasteiger partial charge in [-0.1, -0.05) is 0 Å². The molecule has 0 amide bonds. The Bertz CT molecular complexity index is 687. The van der Waals surface area contributed by atoms with Gasteiger partial charge in [-0.05, 0) is 13.0 Å². The van der Waals surface area contributed by atoms with E-state index in [1.54, 1.807) is 12.3 Å². The van der Waals surface area contributed by atoms with Crippen molar-refractivity contribution in [2.75, 3.05) is 24.5 Å². The van der Waals surface area contributed by atoms with Crippen molar-refractivity contribution in [2.45, 2.75) is 19.5 Å². The Kier molecular flexibility index (Phi) is 4.02. The molecule has 1 saturated heterocycles. The van der Waals surface area contributed by atoms with Crippen LogP contribution < -0.4 is 4.90 Å². The van der Waals surface area contributed by atoms with E-state index in [4.69, 9.17) is 5.26 Å². The minimum Gasteiger partial charge on any atom is -0.338 e. The Labute approximate surface area is 129 Å². The van der Waals surface area contributed by atoms with Gasteiger partial charge in [-0.25, -0.2) is 9.97 Å². The zero-order valence-electron chi connectivity index (χ0n) is 12.8. The molecule has 0 spiro atoms. The maximum absolute atomic E-state index is 8.95. The molecule has 0 aliphatic carbocycles. The molecule has 0 saturated carbocycles. The first-order valence-electron chi connectivity index (χ1n) is 7.35. The van der Waals surface area contributed by atoms with Crippen LogP contribution in [-0.2, 0) is 13.6 Å². The second-order valence-electron chi connectivity index (χ2n) is 5.64. The molecule has 1 fully saturated rings. The molecule has 3 heterocycles. The fourth-order valence-electron chi connectivity index (χ4n) is 2.76. The summed E-state index contributed by atoms with van der Waals surface area (Å²) >= 11 is 0. The Morgan fingerprint density at radius 1 is 1.41 bits per heavy atom. The van der Waals surface area contributed by atoms with Gasteiger partial charge in [0, 0.05) is 57.2 Å². The second kappa shape index (κ2) is 6.12. The van der Waals surface area contributed by atoms with Crippen molar-refractivity contribution in [2.24, 2.45) is 7.05 Å². The standard InChI is InChI=1S/C15H19N7/c1-12-9-22(15-17-4-3-14(7-16)19-15)6-5-21(12)11-13-8-18-20(2)10-13/h3-4,8,10,12H,5-6,9,11H2,1-2H3. The van der Waals surface area contributed by atoms with Crippen molar-refractivity contribution in [1.82, 2.24) is 24.6 Å². The summed E-state index contributed by atoms with van der Waals surface area (Å²) in [6.45, 7) is 5.77. The molecule has 0 radical (unpaired) electrons. The number of aryl methyl sites for hydroxylation is 1. The molecule has 3 rings (SSSR count). The number of nitrogens with zero attached hydrogens (tertiary/aromatic N) is 7. The van der Waals surface area contributed by atoms with Crippen molar-refractivity contribution < 1.29 is 0 Å². The van der Waals surface area contributed by atoms with Crippen LogP contribution in [0.1, 0.15) is 18.2 Å². The quantitative estimate of drug-likeness (QED) is 0.834. The van der Waals surface area contributed by atoms with Crippen LogP contribution in [0, 0.1) is 11.3 Å². The minimum atomic E-state index is 0.392. The van der Waals surface area contributed by atoms with Crippen LogP contribution in [0.15, 0.2) is 24.7 Å². The summed E-state index contributed by atoms with van der Waals surface area (Å²) in [5, 5.41) is 13.2. The van der Waals surface area contributed by atoms with Crippen molar-refractivity contribution >= 4 is 5.95 Å². The van der Waals surface area contributed by atoms with Gasteiger partial charge >= 0.3 is 0 Å². The molecule has 7 heteroatoms. The van der Waals surface area contributed by atoms with Crippen LogP contribution in [0.2, 0.25) is 0 Å². The lowest BCUT2D eigenvalue weighted by atomic mass is 10.1. The molecule has 2 aromatic rings. The first-order valence-corrected chi connectivity index (χ1v) is 7.35. The predicted octanol–water partition coefficient (Wildman–Crippen LogP) is 0.792. The third kappa shape index (κ3) is 3.07. The van der Waals surface area contributed by atoms with Gasteiger partial charge in [0.25, 0.3) is 0 Å².